The molecule has 7 rings (SSSR count). The fraction of sp³-hybridized carbons (Fsp3) is 0.447. The first-order chi connectivity index (χ1) is 24.3. The van der Waals surface area contributed by atoms with E-state index in [9.17, 15) is 19.2 Å². The van der Waals surface area contributed by atoms with Crippen molar-refractivity contribution < 1.29 is 23.9 Å². The third-order valence-corrected chi connectivity index (χ3v) is 10.4. The predicted molar refractivity (Wildman–Crippen MR) is 193 cm³/mol. The van der Waals surface area contributed by atoms with Crippen LogP contribution in [0, 0.1) is 0 Å². The van der Waals surface area contributed by atoms with Gasteiger partial charge in [0, 0.05) is 87.0 Å². The molecule has 0 spiro atoms. The van der Waals surface area contributed by atoms with Crippen molar-refractivity contribution in [2.24, 2.45) is 7.05 Å². The maximum absolute atomic E-state index is 13.4. The van der Waals surface area contributed by atoms with Gasteiger partial charge in [0.2, 0.25) is 11.8 Å². The molecule has 3 amide bonds. The normalized spacial score (nSPS) is 19.9. The molecule has 2 atom stereocenters. The van der Waals surface area contributed by atoms with E-state index in [-0.39, 0.29) is 29.8 Å². The number of carbonyl (C=O) groups excluding carboxylic acids is 3. The number of nitrogens with zero attached hydrogens (tertiary/aromatic N) is 6. The number of ether oxygens (including phenoxy) is 2. The number of hydrogen-bond donors (Lipinski definition) is 1. The number of anilines is 1. The van der Waals surface area contributed by atoms with E-state index in [1.165, 1.54) is 0 Å². The van der Waals surface area contributed by atoms with Crippen LogP contribution in [0.15, 0.2) is 47.5 Å². The summed E-state index contributed by atoms with van der Waals surface area (Å²) in [5, 5.41) is 7.58. The van der Waals surface area contributed by atoms with Gasteiger partial charge in [-0.2, -0.15) is 5.10 Å². The molecule has 268 valence electrons. The zero-order chi connectivity index (χ0) is 36.4. The van der Waals surface area contributed by atoms with Gasteiger partial charge < -0.3 is 23.8 Å². The molecule has 1 unspecified atom stereocenters. The summed E-state index contributed by atoms with van der Waals surface area (Å²) < 4.78 is 15.4. The number of rotatable bonds is 7. The summed E-state index contributed by atoms with van der Waals surface area (Å²) in [5.41, 5.74) is 5.17. The number of pyridine rings is 1. The van der Waals surface area contributed by atoms with Gasteiger partial charge in [0.15, 0.2) is 0 Å². The van der Waals surface area contributed by atoms with Crippen LogP contribution in [0.2, 0.25) is 0 Å². The SMILES string of the molecule is COc1cc(-c2cn(C(C)(C)C)c(=O)c3cn(C)nc23)cc(OC)c1CN1CCN(c2ccc3c(c2)C(=O)N(C2CCC(=O)NC2=O)C3)C[C@H]1C. The Bertz CT molecular complexity index is 2100. The van der Waals surface area contributed by atoms with Crippen molar-refractivity contribution >= 4 is 34.3 Å². The lowest BCUT2D eigenvalue weighted by Gasteiger charge is -2.41. The molecule has 4 aromatic rings. The zero-order valence-electron chi connectivity index (χ0n) is 30.3. The Hall–Kier alpha value is -5.17. The second-order valence-electron chi connectivity index (χ2n) is 14.8. The first-order valence-electron chi connectivity index (χ1n) is 17.4. The lowest BCUT2D eigenvalue weighted by Crippen LogP contribution is -2.52. The Morgan fingerprint density at radius 2 is 1.69 bits per heavy atom. The van der Waals surface area contributed by atoms with Gasteiger partial charge in [-0.05, 0) is 69.5 Å². The number of hydrogen-bond acceptors (Lipinski definition) is 9. The van der Waals surface area contributed by atoms with Crippen LogP contribution in [0.4, 0.5) is 5.69 Å². The fourth-order valence-corrected chi connectivity index (χ4v) is 7.63. The topological polar surface area (TPSA) is 131 Å². The highest BCUT2D eigenvalue weighted by molar-refractivity contribution is 6.05. The maximum atomic E-state index is 13.4. The number of methoxy groups -OCH3 is 2. The molecule has 1 N–H and O–H groups in total. The predicted octanol–water partition coefficient (Wildman–Crippen LogP) is 3.65. The van der Waals surface area contributed by atoms with E-state index < -0.39 is 17.5 Å². The molecule has 2 aromatic heterocycles. The van der Waals surface area contributed by atoms with Gasteiger partial charge in [-0.15, -0.1) is 0 Å². The Kier molecular flexibility index (Phi) is 8.65. The summed E-state index contributed by atoms with van der Waals surface area (Å²) in [6, 6.07) is 9.51. The van der Waals surface area contributed by atoms with Crippen LogP contribution in [0.5, 0.6) is 11.5 Å². The van der Waals surface area contributed by atoms with Crippen LogP contribution in [0.25, 0.3) is 22.0 Å². The minimum Gasteiger partial charge on any atom is -0.496 e. The average molecular weight is 696 g/mol. The number of piperidine rings is 1. The standard InChI is InChI=1S/C38H45N7O6/c1-22-17-43(25-9-8-23-18-44(36(48)26(23)16-25)30-10-11-33(46)39-35(30)47)13-12-42(22)20-28-31(50-6)14-24(15-32(28)51-7)27-21-45(38(2,3)4)37(49)29-19-41(5)40-34(27)29/h8-9,14-16,19,21-22,30H,10-13,17-18,20H2,1-7H3,(H,39,46,47)/t22-,30?/m1/s1. The Morgan fingerprint density at radius 1 is 0.961 bits per heavy atom. The van der Waals surface area contributed by atoms with Gasteiger partial charge in [0.25, 0.3) is 11.5 Å². The van der Waals surface area contributed by atoms with E-state index in [2.05, 4.69) is 33.2 Å². The van der Waals surface area contributed by atoms with Crippen molar-refractivity contribution in [1.29, 1.82) is 0 Å². The molecule has 13 nitrogen and oxygen atoms in total. The summed E-state index contributed by atoms with van der Waals surface area (Å²) in [7, 11) is 5.13. The van der Waals surface area contributed by atoms with Crippen LogP contribution in [0.3, 0.4) is 0 Å². The molecule has 3 aliphatic rings. The molecule has 51 heavy (non-hydrogen) atoms. The number of imide groups is 1. The Balaban J connectivity index is 1.11. The van der Waals surface area contributed by atoms with Crippen LogP contribution >= 0.6 is 0 Å². The number of aryl methyl sites for hydroxylation is 1. The van der Waals surface area contributed by atoms with Crippen LogP contribution in [-0.4, -0.2) is 87.8 Å². The molecule has 2 aromatic carbocycles. The number of nitrogens with one attached hydrogen (secondary N) is 1. The van der Waals surface area contributed by atoms with Crippen molar-refractivity contribution in [2.45, 2.75) is 71.2 Å². The van der Waals surface area contributed by atoms with Crippen molar-refractivity contribution in [3.8, 4) is 22.6 Å². The molecule has 0 bridgehead atoms. The van der Waals surface area contributed by atoms with Crippen molar-refractivity contribution in [3.63, 3.8) is 0 Å². The largest absolute Gasteiger partial charge is 0.496 e. The van der Waals surface area contributed by atoms with E-state index in [4.69, 9.17) is 9.47 Å². The highest BCUT2D eigenvalue weighted by Crippen LogP contribution is 2.39. The Labute approximate surface area is 296 Å². The third kappa shape index (κ3) is 6.13. The first kappa shape index (κ1) is 34.3. The van der Waals surface area contributed by atoms with Crippen molar-refractivity contribution in [3.05, 3.63) is 69.8 Å². The highest BCUT2D eigenvalue weighted by Gasteiger charge is 2.39. The van der Waals surface area contributed by atoms with Crippen LogP contribution in [-0.2, 0) is 35.3 Å². The highest BCUT2D eigenvalue weighted by atomic mass is 16.5. The summed E-state index contributed by atoms with van der Waals surface area (Å²) >= 11 is 0. The molecular formula is C38H45N7O6. The smallest absolute Gasteiger partial charge is 0.262 e. The van der Waals surface area contributed by atoms with E-state index in [0.29, 0.717) is 47.5 Å². The van der Waals surface area contributed by atoms with Crippen LogP contribution < -0.4 is 25.2 Å². The summed E-state index contributed by atoms with van der Waals surface area (Å²) in [6.07, 6.45) is 4.22. The van der Waals surface area contributed by atoms with Gasteiger partial charge in [-0.3, -0.25) is 34.1 Å². The number of amides is 3. The van der Waals surface area contributed by atoms with Gasteiger partial charge in [0.1, 0.15) is 23.1 Å². The van der Waals surface area contributed by atoms with E-state index in [1.807, 2.05) is 58.3 Å². The van der Waals surface area contributed by atoms with Gasteiger partial charge in [-0.25, -0.2) is 0 Å². The third-order valence-electron chi connectivity index (χ3n) is 10.4. The molecule has 5 heterocycles. The minimum absolute atomic E-state index is 0.0845. The zero-order valence-corrected chi connectivity index (χ0v) is 30.3. The Morgan fingerprint density at radius 3 is 2.33 bits per heavy atom. The minimum atomic E-state index is -0.632. The number of carbonyl (C=O) groups is 3. The molecule has 0 saturated carbocycles. The molecule has 2 saturated heterocycles. The molecular weight excluding hydrogens is 650 g/mol. The number of piperazine rings is 1. The monoisotopic (exact) mass is 695 g/mol. The van der Waals surface area contributed by atoms with Crippen molar-refractivity contribution in [1.82, 2.24) is 29.5 Å². The van der Waals surface area contributed by atoms with Gasteiger partial charge in [0.05, 0.1) is 25.2 Å². The molecule has 0 aliphatic carbocycles. The van der Waals surface area contributed by atoms with E-state index in [0.717, 1.165) is 47.6 Å². The lowest BCUT2D eigenvalue weighted by atomic mass is 9.99. The molecule has 3 aliphatic heterocycles. The van der Waals surface area contributed by atoms with E-state index >= 15 is 0 Å². The number of benzene rings is 2. The second kappa shape index (κ2) is 12.9. The van der Waals surface area contributed by atoms with Gasteiger partial charge >= 0.3 is 0 Å². The summed E-state index contributed by atoms with van der Waals surface area (Å²) in [4.78, 5) is 57.3. The van der Waals surface area contributed by atoms with Crippen LogP contribution in [0.1, 0.15) is 62.0 Å². The molecule has 13 heteroatoms. The molecule has 2 fully saturated rings. The average Bonchev–Trinajstić information content (AvgIpc) is 3.64. The second-order valence-corrected chi connectivity index (χ2v) is 14.8. The summed E-state index contributed by atoms with van der Waals surface area (Å²) in [6.45, 7) is 11.4. The first-order valence-corrected chi connectivity index (χ1v) is 17.4. The number of aromatic nitrogens is 3. The van der Waals surface area contributed by atoms with E-state index in [1.54, 1.807) is 34.6 Å². The fourth-order valence-electron chi connectivity index (χ4n) is 7.63. The summed E-state index contributed by atoms with van der Waals surface area (Å²) in [5.74, 6) is 0.509. The lowest BCUT2D eigenvalue weighted by molar-refractivity contribution is -0.136. The van der Waals surface area contributed by atoms with Gasteiger partial charge in [-0.1, -0.05) is 6.07 Å². The number of fused-ring (bicyclic) bond motifs is 2. The van der Waals surface area contributed by atoms with Crippen molar-refractivity contribution in [2.75, 3.05) is 38.8 Å². The quantitative estimate of drug-likeness (QED) is 0.288. The molecule has 0 radical (unpaired) electrons. The maximum Gasteiger partial charge on any atom is 0.262 e.